The monoisotopic (exact) mass is 290 g/mol. The zero-order valence-corrected chi connectivity index (χ0v) is 12.0. The van der Waals surface area contributed by atoms with Gasteiger partial charge in [0.05, 0.1) is 12.6 Å². The second-order valence-electron chi connectivity index (χ2n) is 5.16. The van der Waals surface area contributed by atoms with Crippen LogP contribution in [0.4, 0.5) is 0 Å². The molecule has 0 atom stereocenters. The molecule has 0 aliphatic rings. The molecule has 4 aromatic rings. The first-order chi connectivity index (χ1) is 10.8. The molecule has 0 aliphatic heterocycles. The van der Waals surface area contributed by atoms with Crippen molar-refractivity contribution in [1.82, 2.24) is 9.55 Å². The van der Waals surface area contributed by atoms with Gasteiger partial charge in [-0.3, -0.25) is 9.55 Å². The molecule has 0 spiro atoms. The standard InChI is InChI=1S/C18H14N2O2/c1-22-15-5-6-16-13(10-15)11-20(18(16)21)14-4-7-17-12(9-14)3-2-8-19-17/h2-11,21H,1H3. The van der Waals surface area contributed by atoms with Gasteiger partial charge in [-0.25, -0.2) is 0 Å². The lowest BCUT2D eigenvalue weighted by atomic mass is 10.2. The molecule has 108 valence electrons. The normalized spacial score (nSPS) is 11.1. The third-order valence-electron chi connectivity index (χ3n) is 3.86. The van der Waals surface area contributed by atoms with E-state index in [2.05, 4.69) is 4.98 Å². The van der Waals surface area contributed by atoms with Gasteiger partial charge < -0.3 is 9.84 Å². The minimum Gasteiger partial charge on any atom is -0.497 e. The minimum atomic E-state index is 0.223. The van der Waals surface area contributed by atoms with Crippen molar-refractivity contribution in [2.45, 2.75) is 0 Å². The number of benzene rings is 2. The fourth-order valence-corrected chi connectivity index (χ4v) is 2.72. The Kier molecular flexibility index (Phi) is 2.76. The van der Waals surface area contributed by atoms with Gasteiger partial charge in [0.2, 0.25) is 5.88 Å². The number of hydrogen-bond donors (Lipinski definition) is 1. The van der Waals surface area contributed by atoms with E-state index in [1.54, 1.807) is 17.9 Å². The highest BCUT2D eigenvalue weighted by Crippen LogP contribution is 2.33. The van der Waals surface area contributed by atoms with Gasteiger partial charge in [-0.15, -0.1) is 0 Å². The maximum Gasteiger partial charge on any atom is 0.203 e. The molecule has 4 heteroatoms. The summed E-state index contributed by atoms with van der Waals surface area (Å²) in [4.78, 5) is 4.32. The van der Waals surface area contributed by atoms with Crippen LogP contribution in [0.1, 0.15) is 0 Å². The van der Waals surface area contributed by atoms with Gasteiger partial charge >= 0.3 is 0 Å². The lowest BCUT2D eigenvalue weighted by Gasteiger charge is -2.06. The van der Waals surface area contributed by atoms with Crippen molar-refractivity contribution in [2.24, 2.45) is 0 Å². The zero-order chi connectivity index (χ0) is 15.1. The molecule has 4 nitrogen and oxygen atoms in total. The largest absolute Gasteiger partial charge is 0.497 e. The van der Waals surface area contributed by atoms with Crippen molar-refractivity contribution >= 4 is 21.7 Å². The minimum absolute atomic E-state index is 0.223. The predicted octanol–water partition coefficient (Wildman–Crippen LogP) is 3.89. The second kappa shape index (κ2) is 4.77. The predicted molar refractivity (Wildman–Crippen MR) is 86.8 cm³/mol. The van der Waals surface area contributed by atoms with Gasteiger partial charge in [0.15, 0.2) is 0 Å². The number of methoxy groups -OCH3 is 1. The van der Waals surface area contributed by atoms with Crippen LogP contribution < -0.4 is 4.74 Å². The molecule has 0 unspecified atom stereocenters. The molecule has 0 aliphatic carbocycles. The Hall–Kier alpha value is -3.01. The molecular formula is C18H14N2O2. The van der Waals surface area contributed by atoms with Crippen molar-refractivity contribution in [3.63, 3.8) is 0 Å². The first-order valence-corrected chi connectivity index (χ1v) is 6.99. The van der Waals surface area contributed by atoms with Crippen molar-refractivity contribution in [2.75, 3.05) is 7.11 Å². The third kappa shape index (κ3) is 1.89. The Morgan fingerprint density at radius 1 is 1.05 bits per heavy atom. The van der Waals surface area contributed by atoms with Gasteiger partial charge in [-0.1, -0.05) is 6.07 Å². The van der Waals surface area contributed by atoms with Crippen molar-refractivity contribution in [3.8, 4) is 17.3 Å². The van der Waals surface area contributed by atoms with Crippen LogP contribution in [0.5, 0.6) is 11.6 Å². The number of pyridine rings is 1. The van der Waals surface area contributed by atoms with Gasteiger partial charge in [0.25, 0.3) is 0 Å². The number of ether oxygens (including phenoxy) is 1. The van der Waals surface area contributed by atoms with Crippen LogP contribution in [0.3, 0.4) is 0 Å². The lowest BCUT2D eigenvalue weighted by Crippen LogP contribution is -1.91. The summed E-state index contributed by atoms with van der Waals surface area (Å²) < 4.78 is 7.01. The smallest absolute Gasteiger partial charge is 0.203 e. The SMILES string of the molecule is COc1ccc2c(O)n(-c3ccc4ncccc4c3)cc2c1. The van der Waals surface area contributed by atoms with E-state index in [1.807, 2.05) is 54.7 Å². The number of nitrogens with zero attached hydrogens (tertiary/aromatic N) is 2. The van der Waals surface area contributed by atoms with Crippen molar-refractivity contribution in [3.05, 3.63) is 60.9 Å². The molecule has 1 N–H and O–H groups in total. The fourth-order valence-electron chi connectivity index (χ4n) is 2.72. The van der Waals surface area contributed by atoms with Gasteiger partial charge in [-0.05, 0) is 42.5 Å². The Labute approximate surface area is 127 Å². The van der Waals surface area contributed by atoms with E-state index in [0.29, 0.717) is 0 Å². The van der Waals surface area contributed by atoms with E-state index in [-0.39, 0.29) is 5.88 Å². The molecule has 0 saturated heterocycles. The van der Waals surface area contributed by atoms with E-state index in [9.17, 15) is 5.11 Å². The Morgan fingerprint density at radius 3 is 2.82 bits per heavy atom. The van der Waals surface area contributed by atoms with Crippen molar-refractivity contribution < 1.29 is 9.84 Å². The first kappa shape index (κ1) is 12.7. The lowest BCUT2D eigenvalue weighted by molar-refractivity contribution is 0.415. The highest BCUT2D eigenvalue weighted by Gasteiger charge is 2.11. The molecule has 0 radical (unpaired) electrons. The number of hydrogen-bond acceptors (Lipinski definition) is 3. The summed E-state index contributed by atoms with van der Waals surface area (Å²) in [5, 5.41) is 13.3. The summed E-state index contributed by atoms with van der Waals surface area (Å²) in [6.07, 6.45) is 3.68. The summed E-state index contributed by atoms with van der Waals surface area (Å²) in [6, 6.07) is 15.4. The molecule has 0 fully saturated rings. The fraction of sp³-hybridized carbons (Fsp3) is 0.0556. The molecule has 22 heavy (non-hydrogen) atoms. The van der Waals surface area contributed by atoms with Crippen LogP contribution in [0.25, 0.3) is 27.4 Å². The Bertz CT molecular complexity index is 989. The summed E-state index contributed by atoms with van der Waals surface area (Å²) in [5.74, 6) is 0.994. The number of aromatic hydroxyl groups is 1. The number of aromatic nitrogens is 2. The average molecular weight is 290 g/mol. The van der Waals surface area contributed by atoms with Crippen molar-refractivity contribution in [1.29, 1.82) is 0 Å². The second-order valence-corrected chi connectivity index (χ2v) is 5.16. The van der Waals surface area contributed by atoms with Gasteiger partial charge in [-0.2, -0.15) is 0 Å². The van der Waals surface area contributed by atoms with Crippen LogP contribution in [-0.4, -0.2) is 21.8 Å². The maximum atomic E-state index is 10.5. The zero-order valence-electron chi connectivity index (χ0n) is 12.0. The van der Waals surface area contributed by atoms with E-state index in [4.69, 9.17) is 4.74 Å². The van der Waals surface area contributed by atoms with Gasteiger partial charge in [0, 0.05) is 34.2 Å². The Morgan fingerprint density at radius 2 is 1.95 bits per heavy atom. The molecule has 4 rings (SSSR count). The molecule has 0 saturated carbocycles. The van der Waals surface area contributed by atoms with E-state index < -0.39 is 0 Å². The van der Waals surface area contributed by atoms with Gasteiger partial charge in [0.1, 0.15) is 5.75 Å². The molecule has 2 heterocycles. The molecular weight excluding hydrogens is 276 g/mol. The summed E-state index contributed by atoms with van der Waals surface area (Å²) >= 11 is 0. The maximum absolute atomic E-state index is 10.5. The Balaban J connectivity index is 1.93. The van der Waals surface area contributed by atoms with E-state index in [1.165, 1.54) is 0 Å². The summed E-state index contributed by atoms with van der Waals surface area (Å²) in [6.45, 7) is 0. The van der Waals surface area contributed by atoms with Crippen LogP contribution in [0.2, 0.25) is 0 Å². The first-order valence-electron chi connectivity index (χ1n) is 6.99. The third-order valence-corrected chi connectivity index (χ3v) is 3.86. The van der Waals surface area contributed by atoms with Crippen LogP contribution in [0.15, 0.2) is 60.9 Å². The highest BCUT2D eigenvalue weighted by atomic mass is 16.5. The number of rotatable bonds is 2. The van der Waals surface area contributed by atoms with E-state index >= 15 is 0 Å². The summed E-state index contributed by atoms with van der Waals surface area (Å²) in [7, 11) is 1.63. The van der Waals surface area contributed by atoms with Crippen LogP contribution in [0, 0.1) is 0 Å². The topological polar surface area (TPSA) is 47.3 Å². The average Bonchev–Trinajstić information content (AvgIpc) is 2.90. The van der Waals surface area contributed by atoms with Crippen LogP contribution >= 0.6 is 0 Å². The molecule has 2 aromatic carbocycles. The molecule has 0 amide bonds. The van der Waals surface area contributed by atoms with Crippen LogP contribution in [-0.2, 0) is 0 Å². The number of fused-ring (bicyclic) bond motifs is 2. The molecule has 2 aromatic heterocycles. The summed E-state index contributed by atoms with van der Waals surface area (Å²) in [5.41, 5.74) is 1.83. The van der Waals surface area contributed by atoms with E-state index in [0.717, 1.165) is 33.1 Å². The quantitative estimate of drug-likeness (QED) is 0.609. The molecule has 0 bridgehead atoms. The highest BCUT2D eigenvalue weighted by molar-refractivity contribution is 5.90.